The molecule has 2 aliphatic rings. The highest BCUT2D eigenvalue weighted by Crippen LogP contribution is 2.52. The van der Waals surface area contributed by atoms with E-state index in [1.165, 1.54) is 18.2 Å². The second-order valence-corrected chi connectivity index (χ2v) is 9.80. The predicted octanol–water partition coefficient (Wildman–Crippen LogP) is 2.22. The van der Waals surface area contributed by atoms with E-state index in [1.54, 1.807) is 6.08 Å². The number of allylic oxidation sites excluding steroid dienone is 1. The zero-order valence-electron chi connectivity index (χ0n) is 12.9. The number of nitrogens with two attached hydrogens (primary N) is 1. The summed E-state index contributed by atoms with van der Waals surface area (Å²) in [4.78, 5) is 0.428. The van der Waals surface area contributed by atoms with Gasteiger partial charge in [0.15, 0.2) is 5.75 Å². The number of hydrogen-bond donors (Lipinski definition) is 1. The van der Waals surface area contributed by atoms with Crippen molar-refractivity contribution < 1.29 is 21.0 Å². The van der Waals surface area contributed by atoms with Crippen LogP contribution < -0.4 is 9.32 Å². The summed E-state index contributed by atoms with van der Waals surface area (Å²) < 4.78 is 52.9. The highest BCUT2D eigenvalue weighted by atomic mass is 32.2. The average Bonchev–Trinajstić information content (AvgIpc) is 2.86. The molecule has 6 nitrogen and oxygen atoms in total. The molecule has 1 aromatic carbocycles. The first-order valence-electron chi connectivity index (χ1n) is 7.34. The summed E-state index contributed by atoms with van der Waals surface area (Å²) in [6, 6.07) is 4.32. The molecule has 0 radical (unpaired) electrons. The van der Waals surface area contributed by atoms with E-state index in [0.717, 1.165) is 19.3 Å². The predicted molar refractivity (Wildman–Crippen MR) is 86.5 cm³/mol. The SMILES string of the molecule is CC1(C)CCCC1C1=Cc2c(OS(N)(=O)=O)cccc2S1(=O)=O. The van der Waals surface area contributed by atoms with Crippen molar-refractivity contribution in [3.8, 4) is 5.75 Å². The maximum Gasteiger partial charge on any atom is 0.380 e. The maximum absolute atomic E-state index is 12.9. The lowest BCUT2D eigenvalue weighted by Crippen LogP contribution is -2.22. The summed E-state index contributed by atoms with van der Waals surface area (Å²) in [5.41, 5.74) is 0.154. The Labute approximate surface area is 136 Å². The van der Waals surface area contributed by atoms with Crippen LogP contribution in [-0.2, 0) is 20.1 Å². The van der Waals surface area contributed by atoms with E-state index in [-0.39, 0.29) is 27.5 Å². The number of hydrogen-bond acceptors (Lipinski definition) is 5. The molecular weight excluding hydrogens is 338 g/mol. The molecule has 1 atom stereocenters. The molecule has 23 heavy (non-hydrogen) atoms. The molecule has 2 N–H and O–H groups in total. The third-order valence-corrected chi connectivity index (χ3v) is 7.09. The van der Waals surface area contributed by atoms with Crippen LogP contribution in [0, 0.1) is 11.3 Å². The van der Waals surface area contributed by atoms with Gasteiger partial charge in [0.2, 0.25) is 9.84 Å². The molecule has 3 rings (SSSR count). The average molecular weight is 357 g/mol. The third kappa shape index (κ3) is 2.79. The van der Waals surface area contributed by atoms with E-state index in [0.29, 0.717) is 4.91 Å². The van der Waals surface area contributed by atoms with Crippen LogP contribution in [0.25, 0.3) is 6.08 Å². The van der Waals surface area contributed by atoms with E-state index in [9.17, 15) is 16.8 Å². The zero-order valence-corrected chi connectivity index (χ0v) is 14.6. The third-order valence-electron chi connectivity index (χ3n) is 4.72. The first-order valence-corrected chi connectivity index (χ1v) is 10.3. The number of rotatable bonds is 3. The topological polar surface area (TPSA) is 104 Å². The van der Waals surface area contributed by atoms with Gasteiger partial charge in [-0.05, 0) is 36.5 Å². The Balaban J connectivity index is 2.14. The van der Waals surface area contributed by atoms with E-state index in [1.807, 2.05) is 0 Å². The summed E-state index contributed by atoms with van der Waals surface area (Å²) in [5.74, 6) is -0.137. The quantitative estimate of drug-likeness (QED) is 0.893. The van der Waals surface area contributed by atoms with E-state index in [4.69, 9.17) is 9.32 Å². The highest BCUT2D eigenvalue weighted by molar-refractivity contribution is 7.95. The smallest absolute Gasteiger partial charge is 0.370 e. The van der Waals surface area contributed by atoms with Gasteiger partial charge in [0.1, 0.15) is 0 Å². The van der Waals surface area contributed by atoms with Gasteiger partial charge in [-0.25, -0.2) is 8.42 Å². The van der Waals surface area contributed by atoms with Crippen LogP contribution >= 0.6 is 0 Å². The van der Waals surface area contributed by atoms with Crippen molar-refractivity contribution in [1.29, 1.82) is 0 Å². The van der Waals surface area contributed by atoms with Gasteiger partial charge < -0.3 is 4.18 Å². The molecule has 0 amide bonds. The van der Waals surface area contributed by atoms with E-state index >= 15 is 0 Å². The minimum absolute atomic E-state index is 0.0561. The molecule has 1 aromatic rings. The fourth-order valence-electron chi connectivity index (χ4n) is 3.59. The van der Waals surface area contributed by atoms with Crippen LogP contribution in [0.3, 0.4) is 0 Å². The number of sulfone groups is 1. The molecule has 126 valence electrons. The van der Waals surface area contributed by atoms with Gasteiger partial charge in [0, 0.05) is 11.5 Å². The van der Waals surface area contributed by atoms with Crippen LogP contribution in [0.4, 0.5) is 0 Å². The van der Waals surface area contributed by atoms with Crippen LogP contribution in [0.5, 0.6) is 5.75 Å². The first kappa shape index (κ1) is 16.5. The molecule has 0 aromatic heterocycles. The Morgan fingerprint density at radius 3 is 2.57 bits per heavy atom. The van der Waals surface area contributed by atoms with Crippen molar-refractivity contribution in [2.24, 2.45) is 16.5 Å². The summed E-state index contributed by atoms with van der Waals surface area (Å²) in [7, 11) is -7.85. The Bertz CT molecular complexity index is 898. The van der Waals surface area contributed by atoms with Crippen molar-refractivity contribution in [3.05, 3.63) is 28.7 Å². The Kier molecular flexibility index (Phi) is 3.62. The summed E-state index contributed by atoms with van der Waals surface area (Å²) in [6.45, 7) is 4.12. The van der Waals surface area contributed by atoms with Crippen molar-refractivity contribution >= 4 is 26.2 Å². The molecule has 1 unspecified atom stereocenters. The fourth-order valence-corrected chi connectivity index (χ4v) is 6.03. The normalized spacial score (nSPS) is 25.0. The summed E-state index contributed by atoms with van der Waals surface area (Å²) in [5, 5.41) is 4.91. The molecule has 1 heterocycles. The maximum atomic E-state index is 12.9. The summed E-state index contributed by atoms with van der Waals surface area (Å²) >= 11 is 0. The lowest BCUT2D eigenvalue weighted by molar-refractivity contribution is 0.305. The minimum Gasteiger partial charge on any atom is -0.370 e. The van der Waals surface area contributed by atoms with Crippen LogP contribution in [0.2, 0.25) is 0 Å². The fraction of sp³-hybridized carbons (Fsp3) is 0.467. The van der Waals surface area contributed by atoms with Crippen LogP contribution in [-0.4, -0.2) is 16.8 Å². The Hall–Kier alpha value is -1.38. The molecule has 8 heteroatoms. The van der Waals surface area contributed by atoms with Crippen molar-refractivity contribution in [2.45, 2.75) is 38.0 Å². The minimum atomic E-state index is -4.22. The Morgan fingerprint density at radius 2 is 2.00 bits per heavy atom. The van der Waals surface area contributed by atoms with Crippen LogP contribution in [0.15, 0.2) is 28.0 Å². The standard InChI is InChI=1S/C15H19NO5S2/c1-15(2)8-4-5-11(15)14-9-10-12(21-23(16,19)20)6-3-7-13(10)22(14,17)18/h3,6-7,9,11H,4-5,8H2,1-2H3,(H2,16,19,20). The van der Waals surface area contributed by atoms with Gasteiger partial charge in [-0.2, -0.15) is 13.6 Å². The lowest BCUT2D eigenvalue weighted by Gasteiger charge is -2.27. The zero-order chi connectivity index (χ0) is 17.0. The van der Waals surface area contributed by atoms with Gasteiger partial charge in [-0.3, -0.25) is 0 Å². The molecule has 1 aliphatic carbocycles. The molecule has 1 fully saturated rings. The number of fused-ring (bicyclic) bond motifs is 1. The Morgan fingerprint density at radius 1 is 1.30 bits per heavy atom. The van der Waals surface area contributed by atoms with E-state index < -0.39 is 20.1 Å². The largest absolute Gasteiger partial charge is 0.380 e. The molecule has 0 saturated heterocycles. The number of benzene rings is 1. The lowest BCUT2D eigenvalue weighted by atomic mass is 9.81. The van der Waals surface area contributed by atoms with Gasteiger partial charge in [-0.1, -0.05) is 26.3 Å². The monoisotopic (exact) mass is 357 g/mol. The summed E-state index contributed by atoms with van der Waals surface area (Å²) in [6.07, 6.45) is 4.28. The van der Waals surface area contributed by atoms with E-state index in [2.05, 4.69) is 13.8 Å². The first-order chi connectivity index (χ1) is 10.5. The molecular formula is C15H19NO5S2. The van der Waals surface area contributed by atoms with Gasteiger partial charge in [-0.15, -0.1) is 0 Å². The second-order valence-electron chi connectivity index (χ2n) is 6.73. The second kappa shape index (κ2) is 5.06. The van der Waals surface area contributed by atoms with Crippen molar-refractivity contribution in [1.82, 2.24) is 0 Å². The highest BCUT2D eigenvalue weighted by Gasteiger charge is 2.44. The molecule has 1 aliphatic heterocycles. The van der Waals surface area contributed by atoms with Gasteiger partial charge in [0.05, 0.1) is 9.80 Å². The van der Waals surface area contributed by atoms with Gasteiger partial charge in [0.25, 0.3) is 0 Å². The molecule has 1 saturated carbocycles. The van der Waals surface area contributed by atoms with Crippen molar-refractivity contribution in [3.63, 3.8) is 0 Å². The van der Waals surface area contributed by atoms with Gasteiger partial charge >= 0.3 is 10.3 Å². The molecule has 0 bridgehead atoms. The molecule has 0 spiro atoms. The van der Waals surface area contributed by atoms with Crippen LogP contribution in [0.1, 0.15) is 38.7 Å². The van der Waals surface area contributed by atoms with Crippen molar-refractivity contribution in [2.75, 3.05) is 0 Å².